The number of carbonyl (C=O) groups is 1. The van der Waals surface area contributed by atoms with Crippen LogP contribution in [-0.2, 0) is 21.1 Å². The fourth-order valence-corrected chi connectivity index (χ4v) is 4.84. The topological polar surface area (TPSA) is 138 Å². The Morgan fingerprint density at radius 1 is 0.946 bits per heavy atom. The molecular formula is C28H27N5O3S. The number of nitrogens with two attached hydrogens (primary N) is 1. The molecule has 0 aliphatic heterocycles. The second-order valence-corrected chi connectivity index (χ2v) is 10.6. The number of benzene rings is 3. The number of nitrogens with one attached hydrogen (secondary N) is 3. The largest absolute Gasteiger partial charge is 0.384 e. The maximum absolute atomic E-state index is 13.3. The van der Waals surface area contributed by atoms with Crippen LogP contribution in [-0.4, -0.2) is 37.4 Å². The summed E-state index contributed by atoms with van der Waals surface area (Å²) >= 11 is 0. The Balaban J connectivity index is 1.56. The van der Waals surface area contributed by atoms with Gasteiger partial charge in [-0.3, -0.25) is 15.2 Å². The molecule has 1 heterocycles. The summed E-state index contributed by atoms with van der Waals surface area (Å²) in [7, 11) is -3.39. The van der Waals surface area contributed by atoms with Crippen LogP contribution >= 0.6 is 0 Å². The summed E-state index contributed by atoms with van der Waals surface area (Å²) in [5.74, 6) is -0.314. The van der Waals surface area contributed by atoms with Crippen LogP contribution in [0, 0.1) is 5.41 Å². The first-order chi connectivity index (χ1) is 17.7. The molecule has 0 radical (unpaired) electrons. The van der Waals surface area contributed by atoms with E-state index in [2.05, 4.69) is 15.6 Å². The number of hydrogen-bond donors (Lipinski definition) is 4. The molecule has 4 rings (SSSR count). The Morgan fingerprint density at radius 3 is 2.32 bits per heavy atom. The number of amides is 1. The number of anilines is 2. The molecule has 3 aromatic carbocycles. The molecule has 0 spiro atoms. The molecule has 0 saturated heterocycles. The second kappa shape index (κ2) is 11.0. The molecule has 0 aliphatic carbocycles. The van der Waals surface area contributed by atoms with Gasteiger partial charge in [0.2, 0.25) is 5.91 Å². The van der Waals surface area contributed by atoms with E-state index in [9.17, 15) is 13.2 Å². The summed E-state index contributed by atoms with van der Waals surface area (Å²) in [4.78, 5) is 17.6. The molecule has 37 heavy (non-hydrogen) atoms. The van der Waals surface area contributed by atoms with Crippen LogP contribution in [0.25, 0.3) is 11.1 Å². The number of nitrogen functional groups attached to an aromatic ring is 1. The van der Waals surface area contributed by atoms with Crippen LogP contribution < -0.4 is 16.4 Å². The predicted octanol–water partition coefficient (Wildman–Crippen LogP) is 4.10. The van der Waals surface area contributed by atoms with Crippen molar-refractivity contribution in [3.8, 4) is 11.1 Å². The lowest BCUT2D eigenvalue weighted by atomic mass is 10.0. The highest BCUT2D eigenvalue weighted by atomic mass is 32.2. The molecular weight excluding hydrogens is 486 g/mol. The molecule has 0 bridgehead atoms. The number of carbonyl (C=O) groups excluding carboxylic acids is 1. The van der Waals surface area contributed by atoms with E-state index in [0.717, 1.165) is 11.1 Å². The van der Waals surface area contributed by atoms with Crippen LogP contribution in [0.15, 0.2) is 102 Å². The van der Waals surface area contributed by atoms with Crippen molar-refractivity contribution < 1.29 is 13.2 Å². The smallest absolute Gasteiger partial charge is 0.247 e. The van der Waals surface area contributed by atoms with Gasteiger partial charge in [-0.15, -0.1) is 0 Å². The average molecular weight is 514 g/mol. The van der Waals surface area contributed by atoms with Crippen LogP contribution in [0.4, 0.5) is 11.4 Å². The van der Waals surface area contributed by atoms with E-state index >= 15 is 0 Å². The molecule has 0 aliphatic rings. The van der Waals surface area contributed by atoms with Crippen LogP contribution in [0.3, 0.4) is 0 Å². The fraction of sp³-hybridized carbons (Fsp3) is 0.107. The number of hydrogen-bond acceptors (Lipinski definition) is 6. The Hall–Kier alpha value is -4.50. The summed E-state index contributed by atoms with van der Waals surface area (Å²) in [5, 5.41) is 13.9. The summed E-state index contributed by atoms with van der Waals surface area (Å²) in [5.41, 5.74) is 9.67. The Bertz CT molecular complexity index is 1520. The molecule has 1 amide bonds. The lowest BCUT2D eigenvalue weighted by Crippen LogP contribution is -2.36. The van der Waals surface area contributed by atoms with Gasteiger partial charge < -0.3 is 16.4 Å². The van der Waals surface area contributed by atoms with E-state index < -0.39 is 15.9 Å². The molecule has 1 atom stereocenters. The molecule has 4 aromatic rings. The van der Waals surface area contributed by atoms with Gasteiger partial charge in [0.05, 0.1) is 4.90 Å². The van der Waals surface area contributed by atoms with E-state index in [1.54, 1.807) is 79.1 Å². The third-order valence-corrected chi connectivity index (χ3v) is 6.93. The minimum Gasteiger partial charge on any atom is -0.384 e. The minimum atomic E-state index is -3.39. The monoisotopic (exact) mass is 513 g/mol. The van der Waals surface area contributed by atoms with Crippen molar-refractivity contribution in [3.63, 3.8) is 0 Å². The maximum Gasteiger partial charge on any atom is 0.247 e. The van der Waals surface area contributed by atoms with Gasteiger partial charge in [-0.25, -0.2) is 8.42 Å². The Kier molecular flexibility index (Phi) is 7.64. The number of aromatic nitrogens is 1. The van der Waals surface area contributed by atoms with E-state index in [0.29, 0.717) is 28.9 Å². The van der Waals surface area contributed by atoms with Gasteiger partial charge in [-0.2, -0.15) is 0 Å². The van der Waals surface area contributed by atoms with Crippen molar-refractivity contribution in [2.24, 2.45) is 5.73 Å². The Labute approximate surface area is 216 Å². The van der Waals surface area contributed by atoms with Gasteiger partial charge in [0, 0.05) is 47.6 Å². The number of pyridine rings is 1. The van der Waals surface area contributed by atoms with Crippen LogP contribution in [0.5, 0.6) is 0 Å². The highest BCUT2D eigenvalue weighted by Gasteiger charge is 2.20. The third kappa shape index (κ3) is 6.59. The maximum atomic E-state index is 13.3. The molecule has 1 aromatic heterocycles. The van der Waals surface area contributed by atoms with Gasteiger partial charge in [0.25, 0.3) is 0 Å². The summed E-state index contributed by atoms with van der Waals surface area (Å²) in [6, 6.07) is 24.0. The molecule has 0 fully saturated rings. The minimum absolute atomic E-state index is 0.0590. The van der Waals surface area contributed by atoms with Crippen molar-refractivity contribution in [1.82, 2.24) is 4.98 Å². The normalized spacial score (nSPS) is 11.9. The average Bonchev–Trinajstić information content (AvgIpc) is 2.89. The SMILES string of the molecule is CS(=O)(=O)c1ccccc1-c1ccc(NC(=O)[C@H](Cc2ccncc2)Nc2cccc(C(=N)N)c2)cc1. The number of rotatable bonds is 9. The van der Waals surface area contributed by atoms with Crippen LogP contribution in [0.1, 0.15) is 11.1 Å². The number of amidine groups is 1. The predicted molar refractivity (Wildman–Crippen MR) is 146 cm³/mol. The molecule has 9 heteroatoms. The van der Waals surface area contributed by atoms with Crippen molar-refractivity contribution in [2.45, 2.75) is 17.4 Å². The van der Waals surface area contributed by atoms with Crippen molar-refractivity contribution in [2.75, 3.05) is 16.9 Å². The van der Waals surface area contributed by atoms with Gasteiger partial charge >= 0.3 is 0 Å². The quantitative estimate of drug-likeness (QED) is 0.196. The highest BCUT2D eigenvalue weighted by Crippen LogP contribution is 2.28. The van der Waals surface area contributed by atoms with E-state index in [1.807, 2.05) is 18.2 Å². The second-order valence-electron chi connectivity index (χ2n) is 8.59. The lowest BCUT2D eigenvalue weighted by Gasteiger charge is -2.20. The lowest BCUT2D eigenvalue weighted by molar-refractivity contribution is -0.116. The molecule has 5 N–H and O–H groups in total. The van der Waals surface area contributed by atoms with Gasteiger partial charge in [0.1, 0.15) is 11.9 Å². The van der Waals surface area contributed by atoms with Crippen LogP contribution in [0.2, 0.25) is 0 Å². The molecule has 0 unspecified atom stereocenters. The Morgan fingerprint density at radius 2 is 1.65 bits per heavy atom. The van der Waals surface area contributed by atoms with Crippen molar-refractivity contribution in [3.05, 3.63) is 108 Å². The third-order valence-electron chi connectivity index (χ3n) is 5.77. The zero-order chi connectivity index (χ0) is 26.4. The molecule has 188 valence electrons. The van der Waals surface area contributed by atoms with E-state index in [-0.39, 0.29) is 16.6 Å². The summed E-state index contributed by atoms with van der Waals surface area (Å²) in [6.07, 6.45) is 4.93. The first kappa shape index (κ1) is 25.6. The fourth-order valence-electron chi connectivity index (χ4n) is 3.93. The van der Waals surface area contributed by atoms with E-state index in [1.165, 1.54) is 6.26 Å². The number of nitrogens with zero attached hydrogens (tertiary/aromatic N) is 1. The summed E-state index contributed by atoms with van der Waals surface area (Å²) in [6.45, 7) is 0. The van der Waals surface area contributed by atoms with Gasteiger partial charge in [-0.05, 0) is 53.6 Å². The first-order valence-corrected chi connectivity index (χ1v) is 13.4. The summed E-state index contributed by atoms with van der Waals surface area (Å²) < 4.78 is 24.4. The molecule has 8 nitrogen and oxygen atoms in total. The number of sulfone groups is 1. The standard InChI is InChI=1S/C28H27N5O3S/c1-37(35,36)26-8-3-2-7-24(26)20-9-11-22(12-10-20)33-28(34)25(17-19-13-15-31-16-14-19)32-23-6-4-5-21(18-23)27(29)30/h2-16,18,25,32H,17H2,1H3,(H3,29,30)(H,33,34)/t25-/m0/s1. The van der Waals surface area contributed by atoms with Crippen molar-refractivity contribution in [1.29, 1.82) is 5.41 Å². The first-order valence-electron chi connectivity index (χ1n) is 11.5. The zero-order valence-electron chi connectivity index (χ0n) is 20.2. The zero-order valence-corrected chi connectivity index (χ0v) is 21.0. The van der Waals surface area contributed by atoms with Gasteiger partial charge in [-0.1, -0.05) is 42.5 Å². The molecule has 0 saturated carbocycles. The van der Waals surface area contributed by atoms with E-state index in [4.69, 9.17) is 11.1 Å². The highest BCUT2D eigenvalue weighted by molar-refractivity contribution is 7.90. The van der Waals surface area contributed by atoms with Crippen molar-refractivity contribution >= 4 is 33.0 Å². The van der Waals surface area contributed by atoms with Gasteiger partial charge in [0.15, 0.2) is 9.84 Å².